The fraction of sp³-hybridized carbons (Fsp3) is 0.412. The lowest BCUT2D eigenvalue weighted by molar-refractivity contribution is 0.315. The molecule has 0 saturated carbocycles. The molecule has 114 valence electrons. The molecule has 1 heterocycles. The molecule has 0 fully saturated rings. The minimum atomic E-state index is 0.788. The highest BCUT2D eigenvalue weighted by Gasteiger charge is 2.10. The van der Waals surface area contributed by atoms with E-state index in [1.165, 1.54) is 5.56 Å². The molecule has 0 saturated heterocycles. The summed E-state index contributed by atoms with van der Waals surface area (Å²) in [4.78, 5) is 2.25. The summed E-state index contributed by atoms with van der Waals surface area (Å²) in [7, 11) is 2.10. The Bertz CT molecular complexity index is 553. The SMILES string of the molecule is CCCNCc1occc1CN(C)Cc1ccccc1Cl. The van der Waals surface area contributed by atoms with E-state index in [2.05, 4.69) is 30.3 Å². The molecule has 1 N–H and O–H groups in total. The number of nitrogens with one attached hydrogen (secondary N) is 1. The third kappa shape index (κ3) is 4.88. The van der Waals surface area contributed by atoms with E-state index >= 15 is 0 Å². The van der Waals surface area contributed by atoms with Crippen molar-refractivity contribution in [1.82, 2.24) is 10.2 Å². The molecule has 0 spiro atoms. The first-order valence-corrected chi connectivity index (χ1v) is 7.76. The Balaban J connectivity index is 1.92. The highest BCUT2D eigenvalue weighted by molar-refractivity contribution is 6.31. The van der Waals surface area contributed by atoms with Crippen LogP contribution in [0.5, 0.6) is 0 Å². The van der Waals surface area contributed by atoms with Crippen LogP contribution in [-0.2, 0) is 19.6 Å². The van der Waals surface area contributed by atoms with Crippen molar-refractivity contribution in [1.29, 1.82) is 0 Å². The second-order valence-electron chi connectivity index (χ2n) is 5.31. The summed E-state index contributed by atoms with van der Waals surface area (Å²) in [6.07, 6.45) is 2.89. The van der Waals surface area contributed by atoms with Crippen LogP contribution in [0.15, 0.2) is 41.0 Å². The fourth-order valence-corrected chi connectivity index (χ4v) is 2.50. The highest BCUT2D eigenvalue weighted by atomic mass is 35.5. The molecule has 21 heavy (non-hydrogen) atoms. The normalized spacial score (nSPS) is 11.2. The van der Waals surface area contributed by atoms with Crippen molar-refractivity contribution in [2.45, 2.75) is 33.0 Å². The van der Waals surface area contributed by atoms with Crippen LogP contribution in [0, 0.1) is 0 Å². The van der Waals surface area contributed by atoms with Gasteiger partial charge in [-0.1, -0.05) is 36.7 Å². The molecule has 2 aromatic rings. The Kier molecular flexibility index (Phi) is 6.30. The molecule has 1 aromatic heterocycles. The molecule has 2 rings (SSSR count). The number of rotatable bonds is 8. The lowest BCUT2D eigenvalue weighted by Gasteiger charge is -2.17. The van der Waals surface area contributed by atoms with Gasteiger partial charge in [-0.15, -0.1) is 0 Å². The van der Waals surface area contributed by atoms with Gasteiger partial charge in [-0.05, 0) is 37.7 Å². The van der Waals surface area contributed by atoms with Crippen LogP contribution in [0.3, 0.4) is 0 Å². The van der Waals surface area contributed by atoms with Crippen LogP contribution in [0.2, 0.25) is 5.02 Å². The van der Waals surface area contributed by atoms with Crippen LogP contribution in [0.4, 0.5) is 0 Å². The lowest BCUT2D eigenvalue weighted by Crippen LogP contribution is -2.19. The maximum Gasteiger partial charge on any atom is 0.122 e. The van der Waals surface area contributed by atoms with Gasteiger partial charge in [-0.25, -0.2) is 0 Å². The molecule has 0 amide bonds. The van der Waals surface area contributed by atoms with E-state index < -0.39 is 0 Å². The molecule has 0 bridgehead atoms. The van der Waals surface area contributed by atoms with Gasteiger partial charge in [-0.2, -0.15) is 0 Å². The summed E-state index contributed by atoms with van der Waals surface area (Å²) in [5, 5.41) is 4.20. The summed E-state index contributed by atoms with van der Waals surface area (Å²) in [6, 6.07) is 10.0. The summed E-state index contributed by atoms with van der Waals surface area (Å²) < 4.78 is 5.57. The number of halogens is 1. The van der Waals surface area contributed by atoms with Crippen LogP contribution in [0.25, 0.3) is 0 Å². The Hall–Kier alpha value is -1.29. The number of furan rings is 1. The van der Waals surface area contributed by atoms with Gasteiger partial charge in [0.15, 0.2) is 0 Å². The molecule has 0 radical (unpaired) electrons. The van der Waals surface area contributed by atoms with E-state index in [9.17, 15) is 0 Å². The van der Waals surface area contributed by atoms with E-state index in [4.69, 9.17) is 16.0 Å². The zero-order valence-electron chi connectivity index (χ0n) is 12.7. The monoisotopic (exact) mass is 306 g/mol. The first kappa shape index (κ1) is 16.1. The Morgan fingerprint density at radius 3 is 2.67 bits per heavy atom. The minimum Gasteiger partial charge on any atom is -0.468 e. The minimum absolute atomic E-state index is 0.788. The zero-order chi connectivity index (χ0) is 15.1. The van der Waals surface area contributed by atoms with Crippen molar-refractivity contribution in [2.75, 3.05) is 13.6 Å². The van der Waals surface area contributed by atoms with Crippen molar-refractivity contribution in [3.05, 3.63) is 58.5 Å². The van der Waals surface area contributed by atoms with E-state index in [-0.39, 0.29) is 0 Å². The number of nitrogens with zero attached hydrogens (tertiary/aromatic N) is 1. The van der Waals surface area contributed by atoms with Gasteiger partial charge in [-0.3, -0.25) is 4.90 Å². The molecule has 4 heteroatoms. The molecular weight excluding hydrogens is 284 g/mol. The average Bonchev–Trinajstić information content (AvgIpc) is 2.89. The Morgan fingerprint density at radius 1 is 1.14 bits per heavy atom. The van der Waals surface area contributed by atoms with Gasteiger partial charge in [0.25, 0.3) is 0 Å². The Morgan fingerprint density at radius 2 is 1.90 bits per heavy atom. The summed E-state index contributed by atoms with van der Waals surface area (Å²) >= 11 is 6.21. The first-order chi connectivity index (χ1) is 10.2. The smallest absolute Gasteiger partial charge is 0.122 e. The largest absolute Gasteiger partial charge is 0.468 e. The van der Waals surface area contributed by atoms with Gasteiger partial charge in [0.2, 0.25) is 0 Å². The second kappa shape index (κ2) is 8.23. The molecule has 1 aromatic carbocycles. The van der Waals surface area contributed by atoms with E-state index in [1.54, 1.807) is 6.26 Å². The topological polar surface area (TPSA) is 28.4 Å². The third-order valence-corrected chi connectivity index (χ3v) is 3.76. The second-order valence-corrected chi connectivity index (χ2v) is 5.72. The van der Waals surface area contributed by atoms with Gasteiger partial charge in [0.05, 0.1) is 12.8 Å². The molecule has 3 nitrogen and oxygen atoms in total. The van der Waals surface area contributed by atoms with Crippen molar-refractivity contribution in [3.8, 4) is 0 Å². The number of hydrogen-bond acceptors (Lipinski definition) is 3. The maximum atomic E-state index is 6.21. The van der Waals surface area contributed by atoms with Crippen LogP contribution in [-0.4, -0.2) is 18.5 Å². The average molecular weight is 307 g/mol. The Labute approximate surface area is 131 Å². The molecular formula is C17H23ClN2O. The van der Waals surface area contributed by atoms with Crippen LogP contribution < -0.4 is 5.32 Å². The maximum absolute atomic E-state index is 6.21. The highest BCUT2D eigenvalue weighted by Crippen LogP contribution is 2.19. The summed E-state index contributed by atoms with van der Waals surface area (Å²) in [5.41, 5.74) is 2.38. The molecule has 0 aliphatic carbocycles. The van der Waals surface area contributed by atoms with Crippen LogP contribution >= 0.6 is 11.6 Å². The third-order valence-electron chi connectivity index (χ3n) is 3.39. The summed E-state index contributed by atoms with van der Waals surface area (Å²) in [6.45, 7) is 5.64. The number of hydrogen-bond donors (Lipinski definition) is 1. The van der Waals surface area contributed by atoms with Crippen molar-refractivity contribution in [2.24, 2.45) is 0 Å². The standard InChI is InChI=1S/C17H23ClN2O/c1-3-9-19-11-17-15(8-10-21-17)13-20(2)12-14-6-4-5-7-16(14)18/h4-8,10,19H,3,9,11-13H2,1-2H3. The van der Waals surface area contributed by atoms with Crippen molar-refractivity contribution < 1.29 is 4.42 Å². The molecule has 0 aliphatic rings. The van der Waals surface area contributed by atoms with Crippen molar-refractivity contribution >= 4 is 11.6 Å². The van der Waals surface area contributed by atoms with Gasteiger partial charge in [0, 0.05) is 23.7 Å². The van der Waals surface area contributed by atoms with E-state index in [0.29, 0.717) is 0 Å². The summed E-state index contributed by atoms with van der Waals surface area (Å²) in [5.74, 6) is 1.02. The zero-order valence-corrected chi connectivity index (χ0v) is 13.5. The van der Waals surface area contributed by atoms with Crippen LogP contribution in [0.1, 0.15) is 30.2 Å². The van der Waals surface area contributed by atoms with Gasteiger partial charge < -0.3 is 9.73 Å². The molecule has 0 aliphatic heterocycles. The van der Waals surface area contributed by atoms with E-state index in [0.717, 1.165) is 48.9 Å². The van der Waals surface area contributed by atoms with Gasteiger partial charge >= 0.3 is 0 Å². The predicted octanol–water partition coefficient (Wildman–Crippen LogP) is 4.06. The first-order valence-electron chi connectivity index (χ1n) is 7.38. The van der Waals surface area contributed by atoms with Crippen molar-refractivity contribution in [3.63, 3.8) is 0 Å². The molecule has 0 unspecified atom stereocenters. The fourth-order valence-electron chi connectivity index (χ4n) is 2.31. The molecule has 0 atom stereocenters. The van der Waals surface area contributed by atoms with E-state index in [1.807, 2.05) is 24.3 Å². The quantitative estimate of drug-likeness (QED) is 0.745. The number of benzene rings is 1. The van der Waals surface area contributed by atoms with Gasteiger partial charge in [0.1, 0.15) is 5.76 Å². The lowest BCUT2D eigenvalue weighted by atomic mass is 10.2. The predicted molar refractivity (Wildman–Crippen MR) is 87.3 cm³/mol.